The molecular weight excluding hydrogens is 204 g/mol. The predicted octanol–water partition coefficient (Wildman–Crippen LogP) is 1.18. The van der Waals surface area contributed by atoms with Gasteiger partial charge in [-0.2, -0.15) is 0 Å². The van der Waals surface area contributed by atoms with E-state index in [2.05, 4.69) is 16.8 Å². The van der Waals surface area contributed by atoms with Gasteiger partial charge in [-0.05, 0) is 24.1 Å². The lowest BCUT2D eigenvalue weighted by Crippen LogP contribution is -2.26. The molecule has 1 aromatic heterocycles. The largest absolute Gasteiger partial charge is 0.394 e. The van der Waals surface area contributed by atoms with Crippen molar-refractivity contribution in [1.82, 2.24) is 9.88 Å². The highest BCUT2D eigenvalue weighted by Crippen LogP contribution is 2.29. The van der Waals surface area contributed by atoms with Gasteiger partial charge in [0, 0.05) is 25.5 Å². The SMILES string of the molecule is CCCN1CC(CO)OC1c1ccncc1. The number of aromatic nitrogens is 1. The number of pyridine rings is 1. The number of aliphatic hydroxyl groups is 1. The van der Waals surface area contributed by atoms with Crippen LogP contribution >= 0.6 is 0 Å². The number of ether oxygens (including phenoxy) is 1. The van der Waals surface area contributed by atoms with Crippen LogP contribution in [0.3, 0.4) is 0 Å². The molecule has 1 aliphatic heterocycles. The Hall–Kier alpha value is -0.970. The maximum absolute atomic E-state index is 9.15. The second-order valence-corrected chi connectivity index (χ2v) is 4.07. The van der Waals surface area contributed by atoms with Crippen molar-refractivity contribution in [2.45, 2.75) is 25.7 Å². The van der Waals surface area contributed by atoms with Crippen LogP contribution in [0.15, 0.2) is 24.5 Å². The van der Waals surface area contributed by atoms with Crippen molar-refractivity contribution in [3.05, 3.63) is 30.1 Å². The Bertz CT molecular complexity index is 318. The summed E-state index contributed by atoms with van der Waals surface area (Å²) in [5.74, 6) is 0. The number of rotatable bonds is 4. The van der Waals surface area contributed by atoms with Crippen molar-refractivity contribution >= 4 is 0 Å². The third-order valence-electron chi connectivity index (χ3n) is 2.80. The van der Waals surface area contributed by atoms with Gasteiger partial charge in [0.25, 0.3) is 0 Å². The van der Waals surface area contributed by atoms with Gasteiger partial charge in [-0.1, -0.05) is 6.92 Å². The monoisotopic (exact) mass is 222 g/mol. The van der Waals surface area contributed by atoms with E-state index in [0.717, 1.165) is 25.1 Å². The second-order valence-electron chi connectivity index (χ2n) is 4.07. The molecule has 0 spiro atoms. The van der Waals surface area contributed by atoms with Crippen LogP contribution in [0.1, 0.15) is 25.1 Å². The summed E-state index contributed by atoms with van der Waals surface area (Å²) in [5, 5.41) is 9.15. The molecule has 0 aliphatic carbocycles. The highest BCUT2D eigenvalue weighted by Gasteiger charge is 2.32. The van der Waals surface area contributed by atoms with Crippen LogP contribution in [0.2, 0.25) is 0 Å². The zero-order valence-corrected chi connectivity index (χ0v) is 9.54. The van der Waals surface area contributed by atoms with Crippen molar-refractivity contribution in [1.29, 1.82) is 0 Å². The highest BCUT2D eigenvalue weighted by molar-refractivity contribution is 5.14. The first-order valence-electron chi connectivity index (χ1n) is 5.75. The first-order chi connectivity index (χ1) is 7.85. The highest BCUT2D eigenvalue weighted by atomic mass is 16.5. The zero-order valence-electron chi connectivity index (χ0n) is 9.54. The van der Waals surface area contributed by atoms with Crippen LogP contribution in [0.25, 0.3) is 0 Å². The Balaban J connectivity index is 2.12. The van der Waals surface area contributed by atoms with Gasteiger partial charge in [-0.3, -0.25) is 9.88 Å². The molecule has 0 radical (unpaired) electrons. The molecule has 0 bridgehead atoms. The van der Waals surface area contributed by atoms with Crippen LogP contribution in [-0.4, -0.2) is 40.8 Å². The van der Waals surface area contributed by atoms with Gasteiger partial charge in [-0.25, -0.2) is 0 Å². The van der Waals surface area contributed by atoms with E-state index in [9.17, 15) is 0 Å². The van der Waals surface area contributed by atoms with Crippen LogP contribution in [0, 0.1) is 0 Å². The molecule has 4 nitrogen and oxygen atoms in total. The molecule has 2 unspecified atom stereocenters. The molecule has 1 fully saturated rings. The number of aliphatic hydroxyl groups excluding tert-OH is 1. The molecule has 0 amide bonds. The van der Waals surface area contributed by atoms with E-state index in [0.29, 0.717) is 0 Å². The van der Waals surface area contributed by atoms with Gasteiger partial charge in [0.2, 0.25) is 0 Å². The topological polar surface area (TPSA) is 45.6 Å². The fourth-order valence-electron chi connectivity index (χ4n) is 2.08. The second kappa shape index (κ2) is 5.39. The van der Waals surface area contributed by atoms with Crippen LogP contribution < -0.4 is 0 Å². The van der Waals surface area contributed by atoms with Crippen LogP contribution in [-0.2, 0) is 4.74 Å². The first-order valence-corrected chi connectivity index (χ1v) is 5.75. The number of hydrogen-bond donors (Lipinski definition) is 1. The minimum atomic E-state index is -0.0651. The maximum atomic E-state index is 9.15. The van der Waals surface area contributed by atoms with Gasteiger partial charge in [0.05, 0.1) is 12.7 Å². The first kappa shape index (κ1) is 11.5. The average molecular weight is 222 g/mol. The molecule has 1 aliphatic rings. The normalized spacial score (nSPS) is 26.1. The minimum Gasteiger partial charge on any atom is -0.394 e. The van der Waals surface area contributed by atoms with Gasteiger partial charge in [0.1, 0.15) is 6.23 Å². The number of nitrogens with zero attached hydrogens (tertiary/aromatic N) is 2. The lowest BCUT2D eigenvalue weighted by atomic mass is 10.2. The van der Waals surface area contributed by atoms with Gasteiger partial charge >= 0.3 is 0 Å². The van der Waals surface area contributed by atoms with Crippen LogP contribution in [0.4, 0.5) is 0 Å². The summed E-state index contributed by atoms with van der Waals surface area (Å²) in [6.45, 7) is 4.03. The Labute approximate surface area is 95.9 Å². The summed E-state index contributed by atoms with van der Waals surface area (Å²) in [5.41, 5.74) is 1.11. The maximum Gasteiger partial charge on any atom is 0.137 e. The molecule has 1 N–H and O–H groups in total. The Morgan fingerprint density at radius 1 is 1.50 bits per heavy atom. The number of hydrogen-bond acceptors (Lipinski definition) is 4. The third kappa shape index (κ3) is 2.40. The van der Waals surface area contributed by atoms with Crippen molar-refractivity contribution < 1.29 is 9.84 Å². The van der Waals surface area contributed by atoms with E-state index >= 15 is 0 Å². The van der Waals surface area contributed by atoms with Crippen molar-refractivity contribution in [2.24, 2.45) is 0 Å². The van der Waals surface area contributed by atoms with E-state index < -0.39 is 0 Å². The summed E-state index contributed by atoms with van der Waals surface area (Å²) in [6, 6.07) is 3.93. The van der Waals surface area contributed by atoms with Gasteiger partial charge in [-0.15, -0.1) is 0 Å². The van der Waals surface area contributed by atoms with E-state index in [4.69, 9.17) is 9.84 Å². The fourth-order valence-corrected chi connectivity index (χ4v) is 2.08. The van der Waals surface area contributed by atoms with Crippen LogP contribution in [0.5, 0.6) is 0 Å². The van der Waals surface area contributed by atoms with Gasteiger partial charge in [0.15, 0.2) is 0 Å². The molecule has 4 heteroatoms. The smallest absolute Gasteiger partial charge is 0.137 e. The standard InChI is InChI=1S/C12H18N2O2/c1-2-7-14-8-11(9-15)16-12(14)10-3-5-13-6-4-10/h3-6,11-12,15H,2,7-9H2,1H3. The molecule has 2 heterocycles. The molecule has 0 aromatic carbocycles. The molecular formula is C12H18N2O2. The lowest BCUT2D eigenvalue weighted by Gasteiger charge is -2.22. The van der Waals surface area contributed by atoms with E-state index in [1.54, 1.807) is 12.4 Å². The fraction of sp³-hybridized carbons (Fsp3) is 0.583. The molecule has 88 valence electrons. The third-order valence-corrected chi connectivity index (χ3v) is 2.80. The summed E-state index contributed by atoms with van der Waals surface area (Å²) in [4.78, 5) is 6.26. The molecule has 1 saturated heterocycles. The molecule has 0 saturated carbocycles. The quantitative estimate of drug-likeness (QED) is 0.831. The average Bonchev–Trinajstić information content (AvgIpc) is 2.74. The van der Waals surface area contributed by atoms with Crippen molar-refractivity contribution in [3.8, 4) is 0 Å². The minimum absolute atomic E-state index is 0.0277. The molecule has 2 rings (SSSR count). The Morgan fingerprint density at radius 3 is 2.88 bits per heavy atom. The van der Waals surface area contributed by atoms with E-state index in [-0.39, 0.29) is 18.9 Å². The predicted molar refractivity (Wildman–Crippen MR) is 60.8 cm³/mol. The molecule has 2 atom stereocenters. The Morgan fingerprint density at radius 2 is 2.25 bits per heavy atom. The van der Waals surface area contributed by atoms with E-state index in [1.165, 1.54) is 0 Å². The summed E-state index contributed by atoms with van der Waals surface area (Å²) in [6.07, 6.45) is 4.54. The molecule has 16 heavy (non-hydrogen) atoms. The Kier molecular flexibility index (Phi) is 3.88. The van der Waals surface area contributed by atoms with Crippen molar-refractivity contribution in [3.63, 3.8) is 0 Å². The molecule has 1 aromatic rings. The summed E-state index contributed by atoms with van der Waals surface area (Å²) >= 11 is 0. The lowest BCUT2D eigenvalue weighted by molar-refractivity contribution is -0.0195. The van der Waals surface area contributed by atoms with Crippen molar-refractivity contribution in [2.75, 3.05) is 19.7 Å². The summed E-state index contributed by atoms with van der Waals surface area (Å²) in [7, 11) is 0. The van der Waals surface area contributed by atoms with E-state index in [1.807, 2.05) is 12.1 Å². The summed E-state index contributed by atoms with van der Waals surface area (Å²) < 4.78 is 5.81. The zero-order chi connectivity index (χ0) is 11.4. The van der Waals surface area contributed by atoms with Gasteiger partial charge < -0.3 is 9.84 Å².